The molecule has 0 unspecified atom stereocenters. The first-order valence-electron chi connectivity index (χ1n) is 9.49. The molecule has 0 aliphatic carbocycles. The van der Waals surface area contributed by atoms with Crippen LogP contribution in [0.5, 0.6) is 0 Å². The summed E-state index contributed by atoms with van der Waals surface area (Å²) in [4.78, 5) is 7.97. The highest BCUT2D eigenvalue weighted by molar-refractivity contribution is 5.64. The molecule has 0 radical (unpaired) electrons. The molecule has 1 aromatic rings. The summed E-state index contributed by atoms with van der Waals surface area (Å²) in [5.74, 6) is -1.06. The zero-order valence-corrected chi connectivity index (χ0v) is 15.7. The molecule has 0 atom stereocenters. The molecule has 0 bridgehead atoms. The van der Waals surface area contributed by atoms with E-state index >= 15 is 0 Å². The second-order valence-corrected chi connectivity index (χ2v) is 6.91. The predicted octanol–water partition coefficient (Wildman–Crippen LogP) is 4.67. The van der Waals surface area contributed by atoms with Gasteiger partial charge in [-0.1, -0.05) is 26.7 Å². The molecule has 3 rings (SSSR count). The van der Waals surface area contributed by atoms with E-state index in [1.54, 1.807) is 6.07 Å². The first kappa shape index (κ1) is 18.5. The van der Waals surface area contributed by atoms with Crippen molar-refractivity contribution >= 4 is 11.4 Å². The zero-order chi connectivity index (χ0) is 18.5. The van der Waals surface area contributed by atoms with Crippen LogP contribution in [0.15, 0.2) is 36.9 Å². The zero-order valence-electron chi connectivity index (χ0n) is 15.7. The van der Waals surface area contributed by atoms with E-state index < -0.39 is 11.6 Å². The second-order valence-electron chi connectivity index (χ2n) is 6.91. The van der Waals surface area contributed by atoms with Gasteiger partial charge in [0.15, 0.2) is 0 Å². The number of nitrogens with zero attached hydrogens (tertiary/aromatic N) is 4. The Balaban J connectivity index is 1.72. The number of benzene rings is 1. The number of rotatable bonds is 8. The van der Waals surface area contributed by atoms with Crippen LogP contribution in [0.2, 0.25) is 0 Å². The van der Waals surface area contributed by atoms with E-state index in [-0.39, 0.29) is 0 Å². The SMILES string of the molecule is CCCCN1C=CN(c2cc(N3C=CN(CCCC)C3)c(F)cc2F)C1. The van der Waals surface area contributed by atoms with E-state index in [0.29, 0.717) is 24.7 Å². The van der Waals surface area contributed by atoms with Gasteiger partial charge in [-0.25, -0.2) is 8.78 Å². The van der Waals surface area contributed by atoms with Crippen molar-refractivity contribution in [2.45, 2.75) is 39.5 Å². The van der Waals surface area contributed by atoms with Crippen LogP contribution in [0.25, 0.3) is 0 Å². The minimum atomic E-state index is -0.528. The minimum Gasteiger partial charge on any atom is -0.358 e. The van der Waals surface area contributed by atoms with Crippen molar-refractivity contribution in [2.24, 2.45) is 0 Å². The van der Waals surface area contributed by atoms with Crippen LogP contribution < -0.4 is 9.80 Å². The highest BCUT2D eigenvalue weighted by Crippen LogP contribution is 2.32. The van der Waals surface area contributed by atoms with Gasteiger partial charge >= 0.3 is 0 Å². The van der Waals surface area contributed by atoms with Crippen LogP contribution >= 0.6 is 0 Å². The summed E-state index contributed by atoms with van der Waals surface area (Å²) >= 11 is 0. The van der Waals surface area contributed by atoms with Gasteiger partial charge in [0.05, 0.1) is 24.7 Å². The van der Waals surface area contributed by atoms with Gasteiger partial charge < -0.3 is 19.6 Å². The molecule has 0 fully saturated rings. The molecule has 2 heterocycles. The normalized spacial score (nSPS) is 16.5. The Morgan fingerprint density at radius 2 is 1.19 bits per heavy atom. The molecular formula is C20H28F2N4. The highest BCUT2D eigenvalue weighted by Gasteiger charge is 2.23. The highest BCUT2D eigenvalue weighted by atomic mass is 19.1. The molecule has 142 valence electrons. The summed E-state index contributed by atoms with van der Waals surface area (Å²) < 4.78 is 28.8. The number of hydrogen-bond donors (Lipinski definition) is 0. The number of unbranched alkanes of at least 4 members (excludes halogenated alkanes) is 2. The summed E-state index contributed by atoms with van der Waals surface area (Å²) in [6.45, 7) is 7.38. The molecule has 0 N–H and O–H groups in total. The Kier molecular flexibility index (Phi) is 6.01. The van der Waals surface area contributed by atoms with E-state index in [0.717, 1.165) is 44.8 Å². The second kappa shape index (κ2) is 8.43. The maximum Gasteiger partial charge on any atom is 0.149 e. The van der Waals surface area contributed by atoms with Crippen molar-refractivity contribution in [1.29, 1.82) is 0 Å². The molecule has 0 amide bonds. The molecule has 0 aromatic heterocycles. The average Bonchev–Trinajstić information content (AvgIpc) is 3.28. The Morgan fingerprint density at radius 1 is 0.731 bits per heavy atom. The third-order valence-electron chi connectivity index (χ3n) is 4.82. The van der Waals surface area contributed by atoms with Crippen LogP contribution in [0.3, 0.4) is 0 Å². The molecule has 26 heavy (non-hydrogen) atoms. The van der Waals surface area contributed by atoms with Crippen LogP contribution in [0.4, 0.5) is 20.2 Å². The van der Waals surface area contributed by atoms with E-state index in [1.807, 2.05) is 34.6 Å². The van der Waals surface area contributed by atoms with Gasteiger partial charge in [0.2, 0.25) is 0 Å². The van der Waals surface area contributed by atoms with Crippen LogP contribution in [0.1, 0.15) is 39.5 Å². The van der Waals surface area contributed by atoms with Crippen molar-refractivity contribution in [3.8, 4) is 0 Å². The molecule has 0 saturated carbocycles. The molecule has 0 spiro atoms. The lowest BCUT2D eigenvalue weighted by Crippen LogP contribution is -2.28. The summed E-state index contributed by atoms with van der Waals surface area (Å²) in [6, 6.07) is 2.61. The molecule has 0 saturated heterocycles. The molecule has 2 aliphatic heterocycles. The quantitative estimate of drug-likeness (QED) is 0.666. The topological polar surface area (TPSA) is 13.0 Å². The number of halogens is 2. The summed E-state index contributed by atoms with van der Waals surface area (Å²) in [6.07, 6.45) is 12.1. The van der Waals surface area contributed by atoms with Gasteiger partial charge in [-0.05, 0) is 18.9 Å². The lowest BCUT2D eigenvalue weighted by molar-refractivity contribution is 0.394. The third kappa shape index (κ3) is 4.11. The summed E-state index contributed by atoms with van der Waals surface area (Å²) in [5, 5.41) is 0. The van der Waals surface area contributed by atoms with Crippen molar-refractivity contribution < 1.29 is 8.78 Å². The van der Waals surface area contributed by atoms with Crippen LogP contribution in [-0.4, -0.2) is 36.2 Å². The van der Waals surface area contributed by atoms with Gasteiger partial charge in [-0.2, -0.15) is 0 Å². The largest absolute Gasteiger partial charge is 0.358 e. The molecule has 6 heteroatoms. The molecule has 1 aromatic carbocycles. The van der Waals surface area contributed by atoms with Crippen molar-refractivity contribution in [3.63, 3.8) is 0 Å². The number of hydrogen-bond acceptors (Lipinski definition) is 4. The maximum absolute atomic E-state index is 14.4. The summed E-state index contributed by atoms with van der Waals surface area (Å²) in [5.41, 5.74) is 0.828. The van der Waals surface area contributed by atoms with Crippen LogP contribution in [0, 0.1) is 11.6 Å². The minimum absolute atomic E-state index is 0.414. The molecular weight excluding hydrogens is 334 g/mol. The lowest BCUT2D eigenvalue weighted by Gasteiger charge is -2.25. The van der Waals surface area contributed by atoms with Crippen molar-refractivity contribution in [2.75, 3.05) is 36.2 Å². The Morgan fingerprint density at radius 3 is 1.62 bits per heavy atom. The van der Waals surface area contributed by atoms with E-state index in [4.69, 9.17) is 0 Å². The lowest BCUT2D eigenvalue weighted by atomic mass is 10.2. The van der Waals surface area contributed by atoms with Crippen molar-refractivity contribution in [1.82, 2.24) is 9.80 Å². The van der Waals surface area contributed by atoms with Gasteiger partial charge in [0.1, 0.15) is 11.6 Å². The van der Waals surface area contributed by atoms with E-state index in [9.17, 15) is 8.78 Å². The maximum atomic E-state index is 14.4. The monoisotopic (exact) mass is 362 g/mol. The van der Waals surface area contributed by atoms with Crippen LogP contribution in [-0.2, 0) is 0 Å². The van der Waals surface area contributed by atoms with E-state index in [1.165, 1.54) is 0 Å². The fourth-order valence-corrected chi connectivity index (χ4v) is 3.22. The van der Waals surface area contributed by atoms with E-state index in [2.05, 4.69) is 23.6 Å². The van der Waals surface area contributed by atoms with Gasteiger partial charge in [-0.15, -0.1) is 0 Å². The first-order chi connectivity index (χ1) is 12.6. The number of anilines is 2. The first-order valence-corrected chi connectivity index (χ1v) is 9.49. The third-order valence-corrected chi connectivity index (χ3v) is 4.82. The van der Waals surface area contributed by atoms with Crippen molar-refractivity contribution in [3.05, 3.63) is 48.6 Å². The Hall–Kier alpha value is -2.24. The smallest absolute Gasteiger partial charge is 0.149 e. The Labute approximate surface area is 155 Å². The average molecular weight is 362 g/mol. The Bertz CT molecular complexity index is 621. The fraction of sp³-hybridized carbons (Fsp3) is 0.500. The molecule has 2 aliphatic rings. The predicted molar refractivity (Wildman–Crippen MR) is 103 cm³/mol. The van der Waals surface area contributed by atoms with Gasteiger partial charge in [0, 0.05) is 44.0 Å². The van der Waals surface area contributed by atoms with Gasteiger partial charge in [-0.3, -0.25) is 0 Å². The van der Waals surface area contributed by atoms with Gasteiger partial charge in [0.25, 0.3) is 0 Å². The molecule has 4 nitrogen and oxygen atoms in total. The summed E-state index contributed by atoms with van der Waals surface area (Å²) in [7, 11) is 0. The standard InChI is InChI=1S/C20H28F2N4/c1-3-5-7-23-9-11-25(15-23)19-14-20(18(22)13-17(19)21)26-12-10-24(16-26)8-6-4-2/h9-14H,3-8,15-16H2,1-2H3. The fourth-order valence-electron chi connectivity index (χ4n) is 3.22.